The van der Waals surface area contributed by atoms with Gasteiger partial charge in [-0.3, -0.25) is 0 Å². The van der Waals surface area contributed by atoms with E-state index in [0.29, 0.717) is 24.1 Å². The summed E-state index contributed by atoms with van der Waals surface area (Å²) in [5.74, 6) is 0.626. The van der Waals surface area contributed by atoms with E-state index < -0.39 is 9.84 Å². The highest BCUT2D eigenvalue weighted by Gasteiger charge is 2.31. The lowest BCUT2D eigenvalue weighted by atomic mass is 9.98. The number of nitrogens with zero attached hydrogens (tertiary/aromatic N) is 1. The first kappa shape index (κ1) is 14.3. The zero-order chi connectivity index (χ0) is 13.0. The number of hydrogen-bond acceptors (Lipinski definition) is 4. The highest BCUT2D eigenvalue weighted by molar-refractivity contribution is 7.91. The van der Waals surface area contributed by atoms with Gasteiger partial charge in [-0.05, 0) is 45.2 Å². The van der Waals surface area contributed by atoms with Crippen molar-refractivity contribution >= 4 is 9.84 Å². The van der Waals surface area contributed by atoms with Crippen molar-refractivity contribution in [3.63, 3.8) is 0 Å². The molecule has 2 fully saturated rings. The van der Waals surface area contributed by atoms with E-state index in [1.165, 1.54) is 38.8 Å². The second-order valence-corrected chi connectivity index (χ2v) is 7.96. The number of sulfone groups is 1. The summed E-state index contributed by atoms with van der Waals surface area (Å²) in [4.78, 5) is 2.59. The molecule has 2 unspecified atom stereocenters. The third-order valence-corrected chi connectivity index (χ3v) is 6.04. The minimum Gasteiger partial charge on any atom is -0.313 e. The lowest BCUT2D eigenvalue weighted by Gasteiger charge is -2.35. The summed E-state index contributed by atoms with van der Waals surface area (Å²) in [5.41, 5.74) is 0. The molecule has 0 aromatic carbocycles. The topological polar surface area (TPSA) is 49.4 Å². The number of hydrogen-bond donors (Lipinski definition) is 1. The van der Waals surface area contributed by atoms with Crippen LogP contribution in [0.4, 0.5) is 0 Å². The van der Waals surface area contributed by atoms with Crippen LogP contribution in [0.15, 0.2) is 0 Å². The van der Waals surface area contributed by atoms with Crippen LogP contribution in [-0.4, -0.2) is 56.5 Å². The summed E-state index contributed by atoms with van der Waals surface area (Å²) in [6, 6.07) is 1.28. The molecule has 4 nitrogen and oxygen atoms in total. The molecule has 0 aliphatic carbocycles. The molecule has 0 aromatic heterocycles. The van der Waals surface area contributed by atoms with Gasteiger partial charge in [0.25, 0.3) is 0 Å². The summed E-state index contributed by atoms with van der Waals surface area (Å²) in [5, 5.41) is 3.44. The Balaban J connectivity index is 1.68. The maximum Gasteiger partial charge on any atom is 0.151 e. The van der Waals surface area contributed by atoms with Gasteiger partial charge in [0.15, 0.2) is 9.84 Å². The van der Waals surface area contributed by atoms with Crippen molar-refractivity contribution in [1.82, 2.24) is 10.2 Å². The van der Waals surface area contributed by atoms with Crippen LogP contribution in [0, 0.1) is 0 Å². The Bertz CT molecular complexity index is 356. The molecule has 0 radical (unpaired) electrons. The van der Waals surface area contributed by atoms with Crippen molar-refractivity contribution in [2.45, 2.75) is 51.1 Å². The van der Waals surface area contributed by atoms with E-state index in [1.807, 2.05) is 6.92 Å². The SMILES string of the molecule is CCCS(=O)(=O)CCNC1CCN2CCCC2C1. The molecule has 2 heterocycles. The first-order valence-electron chi connectivity index (χ1n) is 7.28. The lowest BCUT2D eigenvalue weighted by Crippen LogP contribution is -2.46. The fourth-order valence-electron chi connectivity index (χ4n) is 3.24. The largest absolute Gasteiger partial charge is 0.313 e. The molecule has 0 bridgehead atoms. The first-order chi connectivity index (χ1) is 8.61. The van der Waals surface area contributed by atoms with Crippen molar-refractivity contribution in [2.75, 3.05) is 31.1 Å². The van der Waals surface area contributed by atoms with Crippen LogP contribution in [0.3, 0.4) is 0 Å². The Kier molecular flexibility index (Phi) is 5.04. The van der Waals surface area contributed by atoms with Crippen LogP contribution in [0.25, 0.3) is 0 Å². The predicted octanol–water partition coefficient (Wildman–Crippen LogP) is 1.03. The molecule has 18 heavy (non-hydrogen) atoms. The van der Waals surface area contributed by atoms with Gasteiger partial charge in [0, 0.05) is 24.4 Å². The minimum absolute atomic E-state index is 0.297. The zero-order valence-corrected chi connectivity index (χ0v) is 12.2. The summed E-state index contributed by atoms with van der Waals surface area (Å²) in [6.07, 6.45) is 5.76. The maximum atomic E-state index is 11.6. The molecule has 2 aliphatic rings. The molecule has 2 rings (SSSR count). The van der Waals surface area contributed by atoms with E-state index in [4.69, 9.17) is 0 Å². The highest BCUT2D eigenvalue weighted by atomic mass is 32.2. The molecular weight excluding hydrogens is 248 g/mol. The lowest BCUT2D eigenvalue weighted by molar-refractivity contribution is 0.168. The Morgan fingerprint density at radius 3 is 2.83 bits per heavy atom. The quantitative estimate of drug-likeness (QED) is 0.786. The molecule has 0 amide bonds. The van der Waals surface area contributed by atoms with E-state index in [9.17, 15) is 8.42 Å². The Morgan fingerprint density at radius 1 is 1.22 bits per heavy atom. The second-order valence-electron chi connectivity index (χ2n) is 5.66. The average molecular weight is 274 g/mol. The fraction of sp³-hybridized carbons (Fsp3) is 1.00. The summed E-state index contributed by atoms with van der Waals surface area (Å²) >= 11 is 0. The van der Waals surface area contributed by atoms with Crippen molar-refractivity contribution in [3.05, 3.63) is 0 Å². The van der Waals surface area contributed by atoms with Crippen LogP contribution in [-0.2, 0) is 9.84 Å². The van der Waals surface area contributed by atoms with Crippen molar-refractivity contribution in [3.8, 4) is 0 Å². The van der Waals surface area contributed by atoms with Crippen LogP contribution in [0.2, 0.25) is 0 Å². The van der Waals surface area contributed by atoms with E-state index in [0.717, 1.165) is 12.5 Å². The van der Waals surface area contributed by atoms with Crippen LogP contribution in [0.5, 0.6) is 0 Å². The van der Waals surface area contributed by atoms with Gasteiger partial charge in [0.2, 0.25) is 0 Å². The molecule has 106 valence electrons. The van der Waals surface area contributed by atoms with E-state index in [2.05, 4.69) is 10.2 Å². The number of piperidine rings is 1. The van der Waals surface area contributed by atoms with Gasteiger partial charge in [0.1, 0.15) is 0 Å². The molecule has 2 saturated heterocycles. The number of fused-ring (bicyclic) bond motifs is 1. The van der Waals surface area contributed by atoms with Crippen molar-refractivity contribution in [2.24, 2.45) is 0 Å². The molecule has 2 aliphatic heterocycles. The highest BCUT2D eigenvalue weighted by Crippen LogP contribution is 2.26. The molecule has 0 spiro atoms. The Hall–Kier alpha value is -0.130. The maximum absolute atomic E-state index is 11.6. The molecule has 5 heteroatoms. The average Bonchev–Trinajstić information content (AvgIpc) is 2.75. The zero-order valence-electron chi connectivity index (χ0n) is 11.4. The second kappa shape index (κ2) is 6.35. The predicted molar refractivity (Wildman–Crippen MR) is 74.6 cm³/mol. The van der Waals surface area contributed by atoms with Gasteiger partial charge in [0.05, 0.1) is 5.75 Å². The van der Waals surface area contributed by atoms with Gasteiger partial charge < -0.3 is 10.2 Å². The molecule has 2 atom stereocenters. The van der Waals surface area contributed by atoms with Crippen LogP contribution >= 0.6 is 0 Å². The number of rotatable bonds is 6. The van der Waals surface area contributed by atoms with Crippen LogP contribution < -0.4 is 5.32 Å². The molecular formula is C13H26N2O2S. The standard InChI is InChI=1S/C13H26N2O2S/c1-2-9-18(16,17)10-6-14-12-5-8-15-7-3-4-13(15)11-12/h12-14H,2-11H2,1H3. The van der Waals surface area contributed by atoms with E-state index >= 15 is 0 Å². The third-order valence-electron chi connectivity index (χ3n) is 4.18. The van der Waals surface area contributed by atoms with Gasteiger partial charge in [-0.1, -0.05) is 6.92 Å². The monoisotopic (exact) mass is 274 g/mol. The summed E-state index contributed by atoms with van der Waals surface area (Å²) in [7, 11) is -2.82. The molecule has 0 saturated carbocycles. The van der Waals surface area contributed by atoms with E-state index in [-0.39, 0.29) is 0 Å². The first-order valence-corrected chi connectivity index (χ1v) is 9.11. The third kappa shape index (κ3) is 3.93. The van der Waals surface area contributed by atoms with Crippen molar-refractivity contribution in [1.29, 1.82) is 0 Å². The van der Waals surface area contributed by atoms with Gasteiger partial charge >= 0.3 is 0 Å². The Labute approximate surface area is 111 Å². The van der Waals surface area contributed by atoms with Crippen LogP contribution in [0.1, 0.15) is 39.0 Å². The molecule has 0 aromatic rings. The normalized spacial score (nSPS) is 29.4. The minimum atomic E-state index is -2.82. The smallest absolute Gasteiger partial charge is 0.151 e. The fourth-order valence-corrected chi connectivity index (χ4v) is 4.50. The summed E-state index contributed by atoms with van der Waals surface area (Å²) < 4.78 is 23.2. The van der Waals surface area contributed by atoms with Gasteiger partial charge in [-0.2, -0.15) is 0 Å². The van der Waals surface area contributed by atoms with Gasteiger partial charge in [-0.15, -0.1) is 0 Å². The number of nitrogens with one attached hydrogen (secondary N) is 1. The van der Waals surface area contributed by atoms with Crippen molar-refractivity contribution < 1.29 is 8.42 Å². The summed E-state index contributed by atoms with van der Waals surface area (Å²) in [6.45, 7) is 4.99. The molecule has 1 N–H and O–H groups in total. The van der Waals surface area contributed by atoms with Gasteiger partial charge in [-0.25, -0.2) is 8.42 Å². The van der Waals surface area contributed by atoms with E-state index in [1.54, 1.807) is 0 Å². The Morgan fingerprint density at radius 2 is 2.06 bits per heavy atom.